The van der Waals surface area contributed by atoms with Crippen LogP contribution in [0.3, 0.4) is 0 Å². The highest BCUT2D eigenvalue weighted by Crippen LogP contribution is 2.31. The van der Waals surface area contributed by atoms with Crippen molar-refractivity contribution in [3.8, 4) is 0 Å². The van der Waals surface area contributed by atoms with Crippen LogP contribution in [0.15, 0.2) is 18.2 Å². The van der Waals surface area contributed by atoms with Crippen LogP contribution in [0.2, 0.25) is 0 Å². The Morgan fingerprint density at radius 1 is 1.35 bits per heavy atom. The molecule has 0 aliphatic carbocycles. The summed E-state index contributed by atoms with van der Waals surface area (Å²) in [5.41, 5.74) is 0.102. The fourth-order valence-electron chi connectivity index (χ4n) is 2.58. The molecule has 1 fully saturated rings. The van der Waals surface area contributed by atoms with Crippen molar-refractivity contribution in [2.75, 3.05) is 26.7 Å². The Hall–Kier alpha value is -1.04. The van der Waals surface area contributed by atoms with E-state index in [1.54, 1.807) is 0 Å². The first-order valence-corrected chi connectivity index (χ1v) is 7.00. The third kappa shape index (κ3) is 3.34. The molecule has 0 saturated carbocycles. The molecule has 0 bridgehead atoms. The number of nitrogens with zero attached hydrogens (tertiary/aromatic N) is 1. The summed E-state index contributed by atoms with van der Waals surface area (Å²) in [5, 5.41) is 3.28. The minimum absolute atomic E-state index is 0.102. The molecule has 1 aromatic rings. The minimum Gasteiger partial charge on any atom is -0.374 e. The molecule has 112 valence electrons. The van der Waals surface area contributed by atoms with E-state index in [0.29, 0.717) is 25.7 Å². The molecule has 1 aliphatic heterocycles. The van der Waals surface area contributed by atoms with E-state index in [1.165, 1.54) is 18.2 Å². The number of halogens is 2. The molecule has 0 amide bonds. The topological polar surface area (TPSA) is 24.5 Å². The van der Waals surface area contributed by atoms with Crippen molar-refractivity contribution in [1.29, 1.82) is 0 Å². The van der Waals surface area contributed by atoms with Gasteiger partial charge in [0.2, 0.25) is 0 Å². The lowest BCUT2D eigenvalue weighted by Crippen LogP contribution is -2.48. The molecule has 5 heteroatoms. The number of nitrogens with one attached hydrogen (secondary N) is 1. The molecule has 1 heterocycles. The van der Waals surface area contributed by atoms with Crippen molar-refractivity contribution in [1.82, 2.24) is 10.2 Å². The molecule has 0 spiro atoms. The fraction of sp³-hybridized carbons (Fsp3) is 0.600. The van der Waals surface area contributed by atoms with E-state index in [4.69, 9.17) is 4.74 Å². The van der Waals surface area contributed by atoms with Crippen LogP contribution in [0.1, 0.15) is 25.5 Å². The number of benzene rings is 1. The summed E-state index contributed by atoms with van der Waals surface area (Å²) in [4.78, 5) is 1.96. The van der Waals surface area contributed by atoms with Crippen LogP contribution < -0.4 is 5.32 Å². The lowest BCUT2D eigenvalue weighted by atomic mass is 9.97. The normalized spacial score (nSPS) is 24.3. The van der Waals surface area contributed by atoms with Crippen molar-refractivity contribution in [3.63, 3.8) is 0 Å². The Bertz CT molecular complexity index is 433. The highest BCUT2D eigenvalue weighted by Gasteiger charge is 2.35. The predicted octanol–water partition coefficient (Wildman–Crippen LogP) is 2.33. The van der Waals surface area contributed by atoms with Crippen LogP contribution in [0, 0.1) is 11.6 Å². The highest BCUT2D eigenvalue weighted by atomic mass is 19.1. The van der Waals surface area contributed by atoms with E-state index in [2.05, 4.69) is 5.32 Å². The van der Waals surface area contributed by atoms with E-state index in [0.717, 1.165) is 0 Å². The summed E-state index contributed by atoms with van der Waals surface area (Å²) >= 11 is 0. The zero-order valence-electron chi connectivity index (χ0n) is 12.2. The zero-order chi connectivity index (χ0) is 14.7. The zero-order valence-corrected chi connectivity index (χ0v) is 12.2. The highest BCUT2D eigenvalue weighted by molar-refractivity contribution is 5.25. The molecule has 3 nitrogen and oxygen atoms in total. The van der Waals surface area contributed by atoms with E-state index in [9.17, 15) is 8.78 Å². The van der Waals surface area contributed by atoms with Crippen LogP contribution in [0.5, 0.6) is 0 Å². The van der Waals surface area contributed by atoms with Gasteiger partial charge >= 0.3 is 0 Å². The number of likely N-dealkylation sites (N-methyl/N-ethyl adjacent to an activating group) is 1. The predicted molar refractivity (Wildman–Crippen MR) is 74.6 cm³/mol. The standard InChI is InChI=1S/C15H22F2N2O/c1-10(2)18-9-13-15(19(3)7-8-20-13)14-11(16)5-4-6-12(14)17/h4-6,10,13,15,18H,7-9H2,1-3H3. The molecule has 1 aromatic carbocycles. The van der Waals surface area contributed by atoms with Crippen molar-refractivity contribution >= 4 is 0 Å². The Morgan fingerprint density at radius 3 is 2.60 bits per heavy atom. The third-order valence-corrected chi connectivity index (χ3v) is 3.63. The summed E-state index contributed by atoms with van der Waals surface area (Å²) in [6.07, 6.45) is -0.262. The first-order chi connectivity index (χ1) is 9.50. The van der Waals surface area contributed by atoms with Crippen molar-refractivity contribution in [2.24, 2.45) is 0 Å². The first-order valence-electron chi connectivity index (χ1n) is 7.00. The maximum atomic E-state index is 14.0. The molecular weight excluding hydrogens is 262 g/mol. The summed E-state index contributed by atoms with van der Waals surface area (Å²) in [6, 6.07) is 3.88. The van der Waals surface area contributed by atoms with Gasteiger partial charge in [-0.3, -0.25) is 4.90 Å². The van der Waals surface area contributed by atoms with E-state index in [1.807, 2.05) is 25.8 Å². The number of rotatable bonds is 4. The maximum absolute atomic E-state index is 14.0. The van der Waals surface area contributed by atoms with Crippen LogP contribution in [0.4, 0.5) is 8.78 Å². The second-order valence-corrected chi connectivity index (χ2v) is 5.53. The van der Waals surface area contributed by atoms with Gasteiger partial charge < -0.3 is 10.1 Å². The van der Waals surface area contributed by atoms with Gasteiger partial charge in [-0.25, -0.2) is 8.78 Å². The minimum atomic E-state index is -0.512. The molecule has 0 radical (unpaired) electrons. The third-order valence-electron chi connectivity index (χ3n) is 3.63. The Labute approximate surface area is 118 Å². The molecule has 1 saturated heterocycles. The van der Waals surface area contributed by atoms with Crippen molar-refractivity contribution in [2.45, 2.75) is 32.0 Å². The van der Waals surface area contributed by atoms with Gasteiger partial charge in [-0.05, 0) is 19.2 Å². The quantitative estimate of drug-likeness (QED) is 0.918. The maximum Gasteiger partial charge on any atom is 0.131 e. The molecular formula is C15H22F2N2O. The van der Waals surface area contributed by atoms with Gasteiger partial charge in [-0.1, -0.05) is 19.9 Å². The van der Waals surface area contributed by atoms with Crippen LogP contribution in [0.25, 0.3) is 0 Å². The lowest BCUT2D eigenvalue weighted by Gasteiger charge is -2.40. The van der Waals surface area contributed by atoms with Gasteiger partial charge in [0.25, 0.3) is 0 Å². The first kappa shape index (κ1) is 15.4. The second kappa shape index (κ2) is 6.61. The van der Waals surface area contributed by atoms with Crippen molar-refractivity contribution in [3.05, 3.63) is 35.4 Å². The molecule has 2 atom stereocenters. The van der Waals surface area contributed by atoms with Crippen LogP contribution in [-0.4, -0.2) is 43.8 Å². The number of ether oxygens (including phenoxy) is 1. The average molecular weight is 284 g/mol. The second-order valence-electron chi connectivity index (χ2n) is 5.53. The van der Waals surface area contributed by atoms with Gasteiger partial charge in [0.05, 0.1) is 18.8 Å². The number of hydrogen-bond acceptors (Lipinski definition) is 3. The number of hydrogen-bond donors (Lipinski definition) is 1. The molecule has 1 N–H and O–H groups in total. The Balaban J connectivity index is 2.27. The van der Waals surface area contributed by atoms with E-state index < -0.39 is 17.7 Å². The van der Waals surface area contributed by atoms with Crippen molar-refractivity contribution < 1.29 is 13.5 Å². The molecule has 20 heavy (non-hydrogen) atoms. The average Bonchev–Trinajstić information content (AvgIpc) is 2.38. The van der Waals surface area contributed by atoms with Gasteiger partial charge in [0, 0.05) is 24.7 Å². The molecule has 2 rings (SSSR count). The number of morpholine rings is 1. The lowest BCUT2D eigenvalue weighted by molar-refractivity contribution is -0.0640. The Morgan fingerprint density at radius 2 is 2.00 bits per heavy atom. The van der Waals surface area contributed by atoms with E-state index in [-0.39, 0.29) is 11.7 Å². The molecule has 2 unspecified atom stereocenters. The SMILES string of the molecule is CC(C)NCC1OCCN(C)C1c1c(F)cccc1F. The van der Waals surface area contributed by atoms with Crippen LogP contribution in [-0.2, 0) is 4.74 Å². The van der Waals surface area contributed by atoms with Gasteiger partial charge in [-0.2, -0.15) is 0 Å². The van der Waals surface area contributed by atoms with Gasteiger partial charge in [0.15, 0.2) is 0 Å². The smallest absolute Gasteiger partial charge is 0.131 e. The molecule has 0 aromatic heterocycles. The summed E-state index contributed by atoms with van der Waals surface area (Å²) in [5.74, 6) is -1.02. The van der Waals surface area contributed by atoms with Crippen LogP contribution >= 0.6 is 0 Å². The Kier molecular flexibility index (Phi) is 5.07. The summed E-state index contributed by atoms with van der Waals surface area (Å²) in [7, 11) is 1.88. The fourth-order valence-corrected chi connectivity index (χ4v) is 2.58. The monoisotopic (exact) mass is 284 g/mol. The summed E-state index contributed by atoms with van der Waals surface area (Å²) in [6.45, 7) is 5.88. The molecule has 1 aliphatic rings. The largest absolute Gasteiger partial charge is 0.374 e. The van der Waals surface area contributed by atoms with Gasteiger partial charge in [-0.15, -0.1) is 0 Å². The van der Waals surface area contributed by atoms with Gasteiger partial charge in [0.1, 0.15) is 11.6 Å². The van der Waals surface area contributed by atoms with E-state index >= 15 is 0 Å². The summed E-state index contributed by atoms with van der Waals surface area (Å²) < 4.78 is 33.8.